The SMILES string of the molecule is Cc1cc(-c2nc(CCC(=O)O)[nH]c2C)ccc1F. The molecule has 0 aliphatic heterocycles. The number of hydrogen-bond acceptors (Lipinski definition) is 2. The molecule has 2 aromatic rings. The lowest BCUT2D eigenvalue weighted by atomic mass is 10.1. The Bertz CT molecular complexity index is 620. The average molecular weight is 262 g/mol. The van der Waals surface area contributed by atoms with Crippen LogP contribution in [0.5, 0.6) is 0 Å². The number of halogens is 1. The summed E-state index contributed by atoms with van der Waals surface area (Å²) in [5.74, 6) is -0.465. The molecule has 0 aliphatic carbocycles. The maximum absolute atomic E-state index is 13.2. The first kappa shape index (κ1) is 13.3. The topological polar surface area (TPSA) is 66.0 Å². The van der Waals surface area contributed by atoms with Crippen LogP contribution in [0.3, 0.4) is 0 Å². The molecule has 0 aliphatic rings. The summed E-state index contributed by atoms with van der Waals surface area (Å²) in [7, 11) is 0. The van der Waals surface area contributed by atoms with Crippen molar-refractivity contribution in [1.29, 1.82) is 0 Å². The zero-order valence-corrected chi connectivity index (χ0v) is 10.8. The Kier molecular flexibility index (Phi) is 3.64. The Morgan fingerprint density at radius 2 is 2.16 bits per heavy atom. The molecule has 1 aromatic heterocycles. The highest BCUT2D eigenvalue weighted by Crippen LogP contribution is 2.23. The molecule has 0 radical (unpaired) electrons. The van der Waals surface area contributed by atoms with Crippen LogP contribution in [0.15, 0.2) is 18.2 Å². The van der Waals surface area contributed by atoms with Crippen molar-refractivity contribution < 1.29 is 14.3 Å². The number of carbonyl (C=O) groups is 1. The summed E-state index contributed by atoms with van der Waals surface area (Å²) in [6.07, 6.45) is 0.394. The second kappa shape index (κ2) is 5.22. The van der Waals surface area contributed by atoms with Crippen LogP contribution in [0, 0.1) is 19.7 Å². The first-order valence-corrected chi connectivity index (χ1v) is 6.01. The summed E-state index contributed by atoms with van der Waals surface area (Å²) in [6, 6.07) is 4.82. The number of aromatic amines is 1. The molecule has 2 N–H and O–H groups in total. The lowest BCUT2D eigenvalue weighted by molar-refractivity contribution is -0.137. The van der Waals surface area contributed by atoms with E-state index in [1.165, 1.54) is 6.07 Å². The average Bonchev–Trinajstić information content (AvgIpc) is 2.72. The van der Waals surface area contributed by atoms with Crippen molar-refractivity contribution in [3.05, 3.63) is 41.1 Å². The van der Waals surface area contributed by atoms with E-state index in [2.05, 4.69) is 9.97 Å². The van der Waals surface area contributed by atoms with E-state index in [1.807, 2.05) is 6.92 Å². The summed E-state index contributed by atoms with van der Waals surface area (Å²) < 4.78 is 13.2. The van der Waals surface area contributed by atoms with E-state index < -0.39 is 5.97 Å². The first-order chi connectivity index (χ1) is 8.97. The second-order valence-corrected chi connectivity index (χ2v) is 4.51. The predicted octanol–water partition coefficient (Wildman–Crippen LogP) is 2.85. The molecule has 0 saturated heterocycles. The van der Waals surface area contributed by atoms with Crippen molar-refractivity contribution >= 4 is 5.97 Å². The number of aryl methyl sites for hydroxylation is 3. The fraction of sp³-hybridized carbons (Fsp3) is 0.286. The molecule has 1 aromatic carbocycles. The van der Waals surface area contributed by atoms with E-state index in [1.54, 1.807) is 19.1 Å². The zero-order chi connectivity index (χ0) is 14.0. The summed E-state index contributed by atoms with van der Waals surface area (Å²) in [5, 5.41) is 8.65. The molecule has 4 nitrogen and oxygen atoms in total. The van der Waals surface area contributed by atoms with Gasteiger partial charge >= 0.3 is 5.97 Å². The summed E-state index contributed by atoms with van der Waals surface area (Å²) in [4.78, 5) is 18.0. The van der Waals surface area contributed by atoms with Crippen LogP contribution in [0.4, 0.5) is 4.39 Å². The third-order valence-electron chi connectivity index (χ3n) is 2.94. The third-order valence-corrected chi connectivity index (χ3v) is 2.94. The molecule has 0 saturated carbocycles. The molecule has 100 valence electrons. The van der Waals surface area contributed by atoms with Crippen LogP contribution >= 0.6 is 0 Å². The minimum absolute atomic E-state index is 0.0365. The monoisotopic (exact) mass is 262 g/mol. The molecule has 0 fully saturated rings. The Labute approximate surface area is 110 Å². The number of carboxylic acids is 1. The summed E-state index contributed by atoms with van der Waals surface area (Å²) in [6.45, 7) is 3.57. The minimum atomic E-state index is -0.853. The molecule has 0 atom stereocenters. The van der Waals surface area contributed by atoms with Crippen LogP contribution in [-0.4, -0.2) is 21.0 Å². The van der Waals surface area contributed by atoms with Gasteiger partial charge in [-0.1, -0.05) is 0 Å². The van der Waals surface area contributed by atoms with Crippen LogP contribution in [-0.2, 0) is 11.2 Å². The number of nitrogens with zero attached hydrogens (tertiary/aromatic N) is 1. The quantitative estimate of drug-likeness (QED) is 0.890. The van der Waals surface area contributed by atoms with Gasteiger partial charge in [-0.15, -0.1) is 0 Å². The maximum atomic E-state index is 13.2. The van der Waals surface area contributed by atoms with Crippen molar-refractivity contribution in [3.63, 3.8) is 0 Å². The Hall–Kier alpha value is -2.17. The van der Waals surface area contributed by atoms with E-state index >= 15 is 0 Å². The molecule has 5 heteroatoms. The molecular weight excluding hydrogens is 247 g/mol. The zero-order valence-electron chi connectivity index (χ0n) is 10.8. The van der Waals surface area contributed by atoms with Crippen LogP contribution in [0.1, 0.15) is 23.5 Å². The number of benzene rings is 1. The molecule has 2 rings (SSSR count). The molecule has 0 amide bonds. The van der Waals surface area contributed by atoms with Gasteiger partial charge in [-0.05, 0) is 37.6 Å². The van der Waals surface area contributed by atoms with Gasteiger partial charge in [0.15, 0.2) is 0 Å². The van der Waals surface area contributed by atoms with E-state index in [0.29, 0.717) is 17.8 Å². The summed E-state index contributed by atoms with van der Waals surface area (Å²) in [5.41, 5.74) is 2.98. The number of hydrogen-bond donors (Lipinski definition) is 2. The molecule has 0 bridgehead atoms. The van der Waals surface area contributed by atoms with Crippen molar-refractivity contribution in [2.45, 2.75) is 26.7 Å². The van der Waals surface area contributed by atoms with Gasteiger partial charge in [0.05, 0.1) is 12.1 Å². The molecule has 1 heterocycles. The van der Waals surface area contributed by atoms with Gasteiger partial charge in [0.25, 0.3) is 0 Å². The van der Waals surface area contributed by atoms with Crippen molar-refractivity contribution in [3.8, 4) is 11.3 Å². The standard InChI is InChI=1S/C14H15FN2O2/c1-8-7-10(3-4-11(8)15)14-9(2)16-12(17-14)5-6-13(18)19/h3-4,7H,5-6H2,1-2H3,(H,16,17)(H,18,19). The van der Waals surface area contributed by atoms with Gasteiger partial charge in [0.2, 0.25) is 0 Å². The number of nitrogens with one attached hydrogen (secondary N) is 1. The highest BCUT2D eigenvalue weighted by molar-refractivity contribution is 5.67. The van der Waals surface area contributed by atoms with Crippen LogP contribution in [0.25, 0.3) is 11.3 Å². The van der Waals surface area contributed by atoms with Crippen molar-refractivity contribution in [2.75, 3.05) is 0 Å². The summed E-state index contributed by atoms with van der Waals surface area (Å²) >= 11 is 0. The molecule has 0 unspecified atom stereocenters. The number of rotatable bonds is 4. The number of aromatic nitrogens is 2. The number of imidazole rings is 1. The minimum Gasteiger partial charge on any atom is -0.481 e. The fourth-order valence-electron chi connectivity index (χ4n) is 1.94. The Morgan fingerprint density at radius 3 is 2.79 bits per heavy atom. The van der Waals surface area contributed by atoms with Gasteiger partial charge < -0.3 is 10.1 Å². The molecular formula is C14H15FN2O2. The smallest absolute Gasteiger partial charge is 0.303 e. The Morgan fingerprint density at radius 1 is 1.42 bits per heavy atom. The van der Waals surface area contributed by atoms with Crippen LogP contribution in [0.2, 0.25) is 0 Å². The van der Waals surface area contributed by atoms with E-state index in [0.717, 1.165) is 17.0 Å². The first-order valence-electron chi connectivity index (χ1n) is 6.01. The lowest BCUT2D eigenvalue weighted by Crippen LogP contribution is -1.98. The molecule has 0 spiro atoms. The number of aliphatic carboxylic acids is 1. The number of H-pyrrole nitrogens is 1. The Balaban J connectivity index is 2.29. The van der Waals surface area contributed by atoms with Gasteiger partial charge in [-0.2, -0.15) is 0 Å². The second-order valence-electron chi connectivity index (χ2n) is 4.51. The lowest BCUT2D eigenvalue weighted by Gasteiger charge is -2.01. The maximum Gasteiger partial charge on any atom is 0.303 e. The predicted molar refractivity (Wildman–Crippen MR) is 69.4 cm³/mol. The van der Waals surface area contributed by atoms with Crippen molar-refractivity contribution in [2.24, 2.45) is 0 Å². The highest BCUT2D eigenvalue weighted by Gasteiger charge is 2.11. The highest BCUT2D eigenvalue weighted by atomic mass is 19.1. The molecule has 19 heavy (non-hydrogen) atoms. The van der Waals surface area contributed by atoms with E-state index in [9.17, 15) is 9.18 Å². The normalized spacial score (nSPS) is 10.7. The number of carboxylic acid groups (broad SMARTS) is 1. The largest absolute Gasteiger partial charge is 0.481 e. The van der Waals surface area contributed by atoms with E-state index in [-0.39, 0.29) is 12.2 Å². The fourth-order valence-corrected chi connectivity index (χ4v) is 1.94. The van der Waals surface area contributed by atoms with E-state index in [4.69, 9.17) is 5.11 Å². The van der Waals surface area contributed by atoms with Gasteiger partial charge in [0, 0.05) is 17.7 Å². The van der Waals surface area contributed by atoms with Crippen molar-refractivity contribution in [1.82, 2.24) is 9.97 Å². The van der Waals surface area contributed by atoms with Gasteiger partial charge in [0.1, 0.15) is 11.6 Å². The van der Waals surface area contributed by atoms with Gasteiger partial charge in [-0.3, -0.25) is 4.79 Å². The third kappa shape index (κ3) is 2.99. The van der Waals surface area contributed by atoms with Gasteiger partial charge in [-0.25, -0.2) is 9.37 Å². The van der Waals surface area contributed by atoms with Crippen LogP contribution < -0.4 is 0 Å².